The number of pyridine rings is 1. The summed E-state index contributed by atoms with van der Waals surface area (Å²) < 4.78 is 1.02. The molecule has 20 heavy (non-hydrogen) atoms. The van der Waals surface area contributed by atoms with E-state index in [1.165, 1.54) is 23.4 Å². The van der Waals surface area contributed by atoms with Gasteiger partial charge in [0.15, 0.2) is 0 Å². The molecule has 0 aliphatic heterocycles. The van der Waals surface area contributed by atoms with Crippen LogP contribution in [0.4, 0.5) is 0 Å². The summed E-state index contributed by atoms with van der Waals surface area (Å²) in [4.78, 5) is 10.8. The van der Waals surface area contributed by atoms with Gasteiger partial charge in [-0.05, 0) is 60.3 Å². The Kier molecular flexibility index (Phi) is 4.48. The molecular weight excluding hydrogens is 334 g/mol. The van der Waals surface area contributed by atoms with Gasteiger partial charge < -0.3 is 5.32 Å². The van der Waals surface area contributed by atoms with Crippen LogP contribution in [-0.2, 0) is 6.42 Å². The van der Waals surface area contributed by atoms with E-state index < -0.39 is 0 Å². The van der Waals surface area contributed by atoms with E-state index in [0.717, 1.165) is 34.6 Å². The quantitative estimate of drug-likeness (QED) is 0.889. The van der Waals surface area contributed by atoms with Gasteiger partial charge in [0.2, 0.25) is 0 Å². The monoisotopic (exact) mass is 351 g/mol. The number of thiazole rings is 1. The number of aromatic nitrogens is 2. The van der Waals surface area contributed by atoms with Crippen LogP contribution in [0.2, 0.25) is 0 Å². The van der Waals surface area contributed by atoms with Crippen LogP contribution in [-0.4, -0.2) is 16.5 Å². The van der Waals surface area contributed by atoms with Crippen molar-refractivity contribution in [3.8, 4) is 10.7 Å². The van der Waals surface area contributed by atoms with Gasteiger partial charge in [-0.3, -0.25) is 4.98 Å². The number of fused-ring (bicyclic) bond motifs is 1. The summed E-state index contributed by atoms with van der Waals surface area (Å²) >= 11 is 5.37. The molecule has 106 valence electrons. The fourth-order valence-corrected chi connectivity index (χ4v) is 4.33. The molecule has 0 spiro atoms. The van der Waals surface area contributed by atoms with E-state index in [2.05, 4.69) is 33.2 Å². The van der Waals surface area contributed by atoms with E-state index in [9.17, 15) is 0 Å². The third kappa shape index (κ3) is 2.80. The van der Waals surface area contributed by atoms with Crippen molar-refractivity contribution in [2.45, 2.75) is 38.6 Å². The van der Waals surface area contributed by atoms with E-state index in [1.54, 1.807) is 11.3 Å². The van der Waals surface area contributed by atoms with Crippen LogP contribution in [0.1, 0.15) is 42.8 Å². The molecule has 0 fully saturated rings. The van der Waals surface area contributed by atoms with Crippen molar-refractivity contribution < 1.29 is 0 Å². The van der Waals surface area contributed by atoms with Gasteiger partial charge in [0.05, 0.1) is 11.7 Å². The highest BCUT2D eigenvalue weighted by Gasteiger charge is 2.25. The predicted molar refractivity (Wildman–Crippen MR) is 87.0 cm³/mol. The molecule has 3 rings (SSSR count). The first-order valence-electron chi connectivity index (χ1n) is 7.13. The summed E-state index contributed by atoms with van der Waals surface area (Å²) in [5.74, 6) is 0. The van der Waals surface area contributed by atoms with Gasteiger partial charge in [0.1, 0.15) is 10.7 Å². The lowest BCUT2D eigenvalue weighted by Crippen LogP contribution is -2.25. The molecule has 2 aromatic rings. The highest BCUT2D eigenvalue weighted by molar-refractivity contribution is 9.10. The molecule has 3 nitrogen and oxygen atoms in total. The molecule has 2 aromatic heterocycles. The number of nitrogens with zero attached hydrogens (tertiary/aromatic N) is 2. The van der Waals surface area contributed by atoms with E-state index in [-0.39, 0.29) is 0 Å². The summed E-state index contributed by atoms with van der Waals surface area (Å²) in [6.45, 7) is 3.26. The highest BCUT2D eigenvalue weighted by atomic mass is 79.9. The number of hydrogen-bond acceptors (Lipinski definition) is 4. The Morgan fingerprint density at radius 1 is 1.50 bits per heavy atom. The summed E-state index contributed by atoms with van der Waals surface area (Å²) in [5.41, 5.74) is 2.21. The van der Waals surface area contributed by atoms with Crippen molar-refractivity contribution >= 4 is 27.3 Å². The number of hydrogen-bond donors (Lipinski definition) is 1. The number of nitrogens with one attached hydrogen (secondary N) is 1. The lowest BCUT2D eigenvalue weighted by atomic mass is 9.97. The Balaban J connectivity index is 1.93. The van der Waals surface area contributed by atoms with Gasteiger partial charge >= 0.3 is 0 Å². The van der Waals surface area contributed by atoms with Gasteiger partial charge in [0, 0.05) is 15.5 Å². The van der Waals surface area contributed by atoms with E-state index in [0.29, 0.717) is 6.04 Å². The van der Waals surface area contributed by atoms with Crippen LogP contribution < -0.4 is 5.32 Å². The Morgan fingerprint density at radius 2 is 2.40 bits per heavy atom. The Hall–Kier alpha value is -0.780. The van der Waals surface area contributed by atoms with Crippen molar-refractivity contribution in [3.63, 3.8) is 0 Å². The largest absolute Gasteiger partial charge is 0.309 e. The Bertz CT molecular complexity index is 597. The minimum absolute atomic E-state index is 0.422. The molecule has 1 atom stereocenters. The normalized spacial score (nSPS) is 18.0. The van der Waals surface area contributed by atoms with Crippen molar-refractivity contribution in [1.29, 1.82) is 0 Å². The minimum atomic E-state index is 0.422. The summed E-state index contributed by atoms with van der Waals surface area (Å²) in [6, 6.07) is 4.38. The maximum Gasteiger partial charge on any atom is 0.143 e. The van der Waals surface area contributed by atoms with Crippen LogP contribution >= 0.6 is 27.3 Å². The van der Waals surface area contributed by atoms with Crippen molar-refractivity contribution in [2.75, 3.05) is 6.54 Å². The van der Waals surface area contributed by atoms with Crippen LogP contribution in [0.15, 0.2) is 22.8 Å². The molecule has 1 unspecified atom stereocenters. The minimum Gasteiger partial charge on any atom is -0.309 e. The van der Waals surface area contributed by atoms with Crippen molar-refractivity contribution in [2.24, 2.45) is 0 Å². The van der Waals surface area contributed by atoms with Gasteiger partial charge in [-0.25, -0.2) is 4.98 Å². The molecule has 0 saturated carbocycles. The molecule has 1 aliphatic rings. The lowest BCUT2D eigenvalue weighted by molar-refractivity contribution is 0.454. The van der Waals surface area contributed by atoms with Crippen LogP contribution in [0, 0.1) is 0 Å². The average Bonchev–Trinajstić information content (AvgIpc) is 2.89. The molecule has 0 radical (unpaired) electrons. The molecule has 2 heterocycles. The van der Waals surface area contributed by atoms with Gasteiger partial charge in [-0.15, -0.1) is 11.3 Å². The average molecular weight is 352 g/mol. The van der Waals surface area contributed by atoms with Gasteiger partial charge in [-0.2, -0.15) is 0 Å². The zero-order valence-electron chi connectivity index (χ0n) is 11.5. The fourth-order valence-electron chi connectivity index (χ4n) is 2.58. The topological polar surface area (TPSA) is 37.8 Å². The van der Waals surface area contributed by atoms with E-state index in [1.807, 2.05) is 18.3 Å². The zero-order chi connectivity index (χ0) is 13.9. The first-order chi connectivity index (χ1) is 9.79. The molecule has 1 N–H and O–H groups in total. The van der Waals surface area contributed by atoms with E-state index >= 15 is 0 Å². The molecule has 0 aromatic carbocycles. The second-order valence-electron chi connectivity index (χ2n) is 5.06. The van der Waals surface area contributed by atoms with Crippen molar-refractivity contribution in [1.82, 2.24) is 15.3 Å². The summed E-state index contributed by atoms with van der Waals surface area (Å²) in [7, 11) is 0. The molecule has 5 heteroatoms. The fraction of sp³-hybridized carbons (Fsp3) is 0.467. The maximum absolute atomic E-state index is 4.88. The standard InChI is InChI=1S/C15H18BrN3S/c1-2-8-17-11-6-3-7-12-14(11)19-15(20-12)13-10(16)5-4-9-18-13/h4-5,9,11,17H,2-3,6-8H2,1H3. The van der Waals surface area contributed by atoms with Crippen LogP contribution in [0.5, 0.6) is 0 Å². The maximum atomic E-state index is 4.88. The first-order valence-corrected chi connectivity index (χ1v) is 8.74. The smallest absolute Gasteiger partial charge is 0.143 e. The third-order valence-electron chi connectivity index (χ3n) is 3.56. The molecule has 1 aliphatic carbocycles. The number of halogens is 1. The second-order valence-corrected chi connectivity index (χ2v) is 7.00. The van der Waals surface area contributed by atoms with Crippen molar-refractivity contribution in [3.05, 3.63) is 33.4 Å². The molecule has 0 saturated heterocycles. The second kappa shape index (κ2) is 6.33. The SMILES string of the molecule is CCCNC1CCCc2sc(-c3ncccc3Br)nc21. The Labute approximate surface area is 132 Å². The van der Waals surface area contributed by atoms with Crippen LogP contribution in [0.3, 0.4) is 0 Å². The lowest BCUT2D eigenvalue weighted by Gasteiger charge is -2.22. The highest BCUT2D eigenvalue weighted by Crippen LogP contribution is 2.38. The number of aryl methyl sites for hydroxylation is 1. The molecule has 0 amide bonds. The zero-order valence-corrected chi connectivity index (χ0v) is 13.9. The Morgan fingerprint density at radius 3 is 3.20 bits per heavy atom. The summed E-state index contributed by atoms with van der Waals surface area (Å²) in [6.07, 6.45) is 6.59. The van der Waals surface area contributed by atoms with Crippen LogP contribution in [0.25, 0.3) is 10.7 Å². The number of rotatable bonds is 4. The summed E-state index contributed by atoms with van der Waals surface area (Å²) in [5, 5.41) is 4.65. The predicted octanol–water partition coefficient (Wildman–Crippen LogP) is 4.34. The molecular formula is C15H18BrN3S. The third-order valence-corrected chi connectivity index (χ3v) is 5.33. The first kappa shape index (κ1) is 14.2. The van der Waals surface area contributed by atoms with Gasteiger partial charge in [-0.1, -0.05) is 6.92 Å². The van der Waals surface area contributed by atoms with Gasteiger partial charge in [0.25, 0.3) is 0 Å². The van der Waals surface area contributed by atoms with E-state index in [4.69, 9.17) is 4.98 Å². The molecule has 0 bridgehead atoms.